The molecule has 0 saturated carbocycles. The van der Waals surface area contributed by atoms with Crippen molar-refractivity contribution < 1.29 is 9.50 Å². The number of anilines is 1. The molecular weight excluding hydrogens is 407 g/mol. The minimum Gasteiger partial charge on any atom is -0.390 e. The molecule has 1 saturated heterocycles. The third-order valence-corrected chi connectivity index (χ3v) is 5.83. The van der Waals surface area contributed by atoms with Crippen LogP contribution in [-0.2, 0) is 0 Å². The Balaban J connectivity index is 1.52. The standard InChI is InChI=1S/C17H22BrFN4OS/c1-11-4-6-23(7-5-11)10-13(24)9-20-17-22-21-16(25-17)14-8-12(18)2-3-15(14)19/h2-3,8,11,13,24H,4-7,9-10H2,1H3,(H,20,22). The Hall–Kier alpha value is -1.09. The molecule has 1 aliphatic rings. The molecule has 0 spiro atoms. The van der Waals surface area contributed by atoms with Crippen LogP contribution < -0.4 is 5.32 Å². The second-order valence-corrected chi connectivity index (χ2v) is 8.45. The second-order valence-electron chi connectivity index (χ2n) is 6.55. The minimum absolute atomic E-state index is 0.328. The summed E-state index contributed by atoms with van der Waals surface area (Å²) in [6.07, 6.45) is 1.92. The second kappa shape index (κ2) is 8.53. The van der Waals surface area contributed by atoms with Crippen molar-refractivity contribution in [1.82, 2.24) is 15.1 Å². The van der Waals surface area contributed by atoms with E-state index in [1.165, 1.54) is 30.2 Å². The summed E-state index contributed by atoms with van der Waals surface area (Å²) in [6.45, 7) is 5.43. The molecule has 2 N–H and O–H groups in total. The maximum absolute atomic E-state index is 13.9. The molecule has 0 amide bonds. The van der Waals surface area contributed by atoms with Crippen molar-refractivity contribution in [2.45, 2.75) is 25.9 Å². The van der Waals surface area contributed by atoms with Crippen LogP contribution in [0, 0.1) is 11.7 Å². The van der Waals surface area contributed by atoms with Gasteiger partial charge in [-0.15, -0.1) is 10.2 Å². The fraction of sp³-hybridized carbons (Fsp3) is 0.529. The van der Waals surface area contributed by atoms with Crippen molar-refractivity contribution in [3.05, 3.63) is 28.5 Å². The summed E-state index contributed by atoms with van der Waals surface area (Å²) in [5, 5.41) is 22.5. The number of aliphatic hydroxyl groups is 1. The molecule has 1 aromatic carbocycles. The van der Waals surface area contributed by atoms with E-state index in [2.05, 4.69) is 43.3 Å². The first-order chi connectivity index (χ1) is 12.0. The molecule has 1 atom stereocenters. The summed E-state index contributed by atoms with van der Waals surface area (Å²) in [4.78, 5) is 2.30. The zero-order chi connectivity index (χ0) is 17.8. The highest BCUT2D eigenvalue weighted by atomic mass is 79.9. The van der Waals surface area contributed by atoms with E-state index in [1.807, 2.05) is 0 Å². The Labute approximate surface area is 159 Å². The zero-order valence-electron chi connectivity index (χ0n) is 14.1. The summed E-state index contributed by atoms with van der Waals surface area (Å²) < 4.78 is 14.7. The summed E-state index contributed by atoms with van der Waals surface area (Å²) in [5.74, 6) is 0.454. The fourth-order valence-corrected chi connectivity index (χ4v) is 4.01. The van der Waals surface area contributed by atoms with Crippen molar-refractivity contribution in [3.63, 3.8) is 0 Å². The highest BCUT2D eigenvalue weighted by molar-refractivity contribution is 9.10. The molecule has 0 aliphatic carbocycles. The highest BCUT2D eigenvalue weighted by Crippen LogP contribution is 2.30. The maximum atomic E-state index is 13.9. The van der Waals surface area contributed by atoms with Crippen LogP contribution in [0.2, 0.25) is 0 Å². The topological polar surface area (TPSA) is 61.3 Å². The molecule has 25 heavy (non-hydrogen) atoms. The molecule has 0 radical (unpaired) electrons. The van der Waals surface area contributed by atoms with Gasteiger partial charge < -0.3 is 15.3 Å². The van der Waals surface area contributed by atoms with Crippen molar-refractivity contribution in [2.75, 3.05) is 31.5 Å². The molecule has 0 bridgehead atoms. The highest BCUT2D eigenvalue weighted by Gasteiger charge is 2.18. The van der Waals surface area contributed by atoms with Crippen LogP contribution in [0.5, 0.6) is 0 Å². The summed E-state index contributed by atoms with van der Waals surface area (Å²) in [6, 6.07) is 4.74. The summed E-state index contributed by atoms with van der Waals surface area (Å²) in [5.41, 5.74) is 0.419. The first-order valence-electron chi connectivity index (χ1n) is 8.44. The Morgan fingerprint density at radius 3 is 2.92 bits per heavy atom. The summed E-state index contributed by atoms with van der Waals surface area (Å²) in [7, 11) is 0. The number of nitrogens with one attached hydrogen (secondary N) is 1. The Bertz CT molecular complexity index is 706. The molecule has 1 aliphatic heterocycles. The SMILES string of the molecule is CC1CCN(CC(O)CNc2nnc(-c3cc(Br)ccc3F)s2)CC1. The van der Waals surface area contributed by atoms with Crippen LogP contribution in [-0.4, -0.2) is 52.5 Å². The maximum Gasteiger partial charge on any atom is 0.206 e. The van der Waals surface area contributed by atoms with E-state index in [0.29, 0.717) is 28.8 Å². The third-order valence-electron chi connectivity index (χ3n) is 4.42. The zero-order valence-corrected chi connectivity index (χ0v) is 16.5. The molecular formula is C17H22BrFN4OS. The quantitative estimate of drug-likeness (QED) is 0.735. The number of rotatable bonds is 6. The van der Waals surface area contributed by atoms with E-state index >= 15 is 0 Å². The van der Waals surface area contributed by atoms with Crippen LogP contribution in [0.3, 0.4) is 0 Å². The van der Waals surface area contributed by atoms with E-state index in [0.717, 1.165) is 23.5 Å². The molecule has 8 heteroatoms. The molecule has 5 nitrogen and oxygen atoms in total. The molecule has 1 aromatic heterocycles. The van der Waals surface area contributed by atoms with Gasteiger partial charge in [-0.25, -0.2) is 4.39 Å². The lowest BCUT2D eigenvalue weighted by Crippen LogP contribution is -2.40. The monoisotopic (exact) mass is 428 g/mol. The number of hydrogen-bond acceptors (Lipinski definition) is 6. The van der Waals surface area contributed by atoms with Gasteiger partial charge in [-0.2, -0.15) is 0 Å². The van der Waals surface area contributed by atoms with Crippen molar-refractivity contribution in [1.29, 1.82) is 0 Å². The first-order valence-corrected chi connectivity index (χ1v) is 10.1. The van der Waals surface area contributed by atoms with Crippen molar-refractivity contribution in [2.24, 2.45) is 5.92 Å². The molecule has 2 heterocycles. The third kappa shape index (κ3) is 5.20. The van der Waals surface area contributed by atoms with E-state index < -0.39 is 6.10 Å². The van der Waals surface area contributed by atoms with Gasteiger partial charge in [0.2, 0.25) is 5.13 Å². The van der Waals surface area contributed by atoms with Crippen LogP contribution >= 0.6 is 27.3 Å². The number of aromatic nitrogens is 2. The number of benzene rings is 1. The van der Waals surface area contributed by atoms with Crippen molar-refractivity contribution in [3.8, 4) is 10.6 Å². The lowest BCUT2D eigenvalue weighted by atomic mass is 9.99. The van der Waals surface area contributed by atoms with Gasteiger partial charge >= 0.3 is 0 Å². The predicted octanol–water partition coefficient (Wildman–Crippen LogP) is 3.61. The molecule has 136 valence electrons. The largest absolute Gasteiger partial charge is 0.390 e. The van der Waals surface area contributed by atoms with E-state index in [9.17, 15) is 9.50 Å². The average Bonchev–Trinajstić information content (AvgIpc) is 3.06. The van der Waals surface area contributed by atoms with Gasteiger partial charge in [-0.05, 0) is 50.0 Å². The normalized spacial score (nSPS) is 17.6. The van der Waals surface area contributed by atoms with E-state index in [-0.39, 0.29) is 5.82 Å². The van der Waals surface area contributed by atoms with Crippen LogP contribution in [0.1, 0.15) is 19.8 Å². The number of nitrogens with zero attached hydrogens (tertiary/aromatic N) is 3. The lowest BCUT2D eigenvalue weighted by Gasteiger charge is -2.31. The Kier molecular flexibility index (Phi) is 6.38. The predicted molar refractivity (Wildman–Crippen MR) is 102 cm³/mol. The van der Waals surface area contributed by atoms with Gasteiger partial charge in [0.25, 0.3) is 0 Å². The number of piperidine rings is 1. The van der Waals surface area contributed by atoms with Crippen LogP contribution in [0.15, 0.2) is 22.7 Å². The Morgan fingerprint density at radius 2 is 2.16 bits per heavy atom. The number of likely N-dealkylation sites (tertiary alicyclic amines) is 1. The van der Waals surface area contributed by atoms with E-state index in [1.54, 1.807) is 12.1 Å². The number of aliphatic hydroxyl groups excluding tert-OH is 1. The van der Waals surface area contributed by atoms with Gasteiger partial charge in [0, 0.05) is 23.1 Å². The van der Waals surface area contributed by atoms with Gasteiger partial charge in [0.15, 0.2) is 5.01 Å². The van der Waals surface area contributed by atoms with E-state index in [4.69, 9.17) is 0 Å². The van der Waals surface area contributed by atoms with Gasteiger partial charge in [0.05, 0.1) is 6.10 Å². The van der Waals surface area contributed by atoms with Gasteiger partial charge in [-0.3, -0.25) is 0 Å². The number of halogens is 2. The smallest absolute Gasteiger partial charge is 0.206 e. The lowest BCUT2D eigenvalue weighted by molar-refractivity contribution is 0.0990. The Morgan fingerprint density at radius 1 is 1.40 bits per heavy atom. The number of β-amino-alcohol motifs (C(OH)–C–C–N with tert-alkyl or cyclic N) is 1. The first kappa shape index (κ1) is 18.7. The molecule has 1 fully saturated rings. The average molecular weight is 429 g/mol. The number of hydrogen-bond donors (Lipinski definition) is 2. The van der Waals surface area contributed by atoms with Gasteiger partial charge in [0.1, 0.15) is 5.82 Å². The minimum atomic E-state index is -0.469. The fourth-order valence-electron chi connectivity index (χ4n) is 2.88. The van der Waals surface area contributed by atoms with Crippen LogP contribution in [0.4, 0.5) is 9.52 Å². The molecule has 3 rings (SSSR count). The van der Waals surface area contributed by atoms with Gasteiger partial charge in [-0.1, -0.05) is 34.2 Å². The van der Waals surface area contributed by atoms with Crippen LogP contribution in [0.25, 0.3) is 10.6 Å². The molecule has 2 aromatic rings. The summed E-state index contributed by atoms with van der Waals surface area (Å²) >= 11 is 4.62. The van der Waals surface area contributed by atoms with Crippen molar-refractivity contribution >= 4 is 32.4 Å². The molecule has 1 unspecified atom stereocenters.